The van der Waals surface area contributed by atoms with Gasteiger partial charge in [0, 0.05) is 29.6 Å². The van der Waals surface area contributed by atoms with Crippen LogP contribution in [0.4, 0.5) is 11.4 Å². The van der Waals surface area contributed by atoms with Crippen molar-refractivity contribution < 1.29 is 53.3 Å². The minimum absolute atomic E-state index is 0.0191. The Kier molecular flexibility index (Phi) is 16.7. The topological polar surface area (TPSA) is 214 Å². The van der Waals surface area contributed by atoms with Crippen LogP contribution in [0.15, 0.2) is 109 Å². The number of carbonyl (C=O) groups excluding carboxylic acids is 2. The zero-order valence-corrected chi connectivity index (χ0v) is 39.6. The quantitative estimate of drug-likeness (QED) is 0.0376. The van der Waals surface area contributed by atoms with Crippen LogP contribution in [-0.2, 0) is 6.61 Å². The van der Waals surface area contributed by atoms with Crippen molar-refractivity contribution in [2.24, 2.45) is 0 Å². The molecule has 2 amide bonds. The third-order valence-corrected chi connectivity index (χ3v) is 12.2. The molecule has 5 aromatic rings. The van der Waals surface area contributed by atoms with Gasteiger partial charge in [-0.2, -0.15) is 0 Å². The largest absolute Gasteiger partial charge is 0.494 e. The van der Waals surface area contributed by atoms with E-state index in [-0.39, 0.29) is 67.2 Å². The lowest BCUT2D eigenvalue weighted by molar-refractivity contribution is -0.385. The van der Waals surface area contributed by atoms with Crippen LogP contribution in [0.2, 0.25) is 5.02 Å². The zero-order chi connectivity index (χ0) is 49.9. The highest BCUT2D eigenvalue weighted by atomic mass is 35.5. The Hall–Kier alpha value is -7.47. The molecule has 0 unspecified atom stereocenters. The first-order valence-electron chi connectivity index (χ1n) is 22.7. The molecule has 7 rings (SSSR count). The molecule has 0 saturated heterocycles. The Morgan fingerprint density at radius 1 is 0.657 bits per heavy atom. The number of aryl methyl sites for hydroxylation is 1. The number of benzene rings is 5. The third kappa shape index (κ3) is 11.9. The molecule has 2 aliphatic heterocycles. The average Bonchev–Trinajstić information content (AvgIpc) is 4.01. The molecule has 0 saturated carbocycles. The van der Waals surface area contributed by atoms with Crippen LogP contribution in [0.25, 0.3) is 11.1 Å². The maximum Gasteiger partial charge on any atom is 0.286 e. The summed E-state index contributed by atoms with van der Waals surface area (Å²) in [4.78, 5) is 54.3. The van der Waals surface area contributed by atoms with E-state index in [1.165, 1.54) is 29.0 Å². The number of carbonyl (C=O) groups is 2. The van der Waals surface area contributed by atoms with Crippen molar-refractivity contribution in [3.8, 4) is 28.7 Å². The Morgan fingerprint density at radius 2 is 1.13 bits per heavy atom. The number of aliphatic hydroxyl groups is 2. The highest BCUT2D eigenvalue weighted by Gasteiger charge is 2.36. The summed E-state index contributed by atoms with van der Waals surface area (Å²) in [6, 6.07) is 25.5. The standard InChI is InChI=1S/C52H53ClN4O13/c1-4-67-42-18-14-36(15-19-42)38-23-41(31-59)55(29-38)52(61)44-25-48(70-32-34-10-16-39(53)17-11-34)50(27-46(44)57(64)65)69-21-7-5-6-20-68-49-26-45(56(62)63)43(24-47(49)66-3)51(60)54-28-37(22-40(54)30-58)35-12-8-33(2)9-13-35/h8-19,24-29,40-41,58-59H,4-7,20-23,30-32H2,1-3H3/t40-,41-/m0/s1. The third-order valence-electron chi connectivity index (χ3n) is 11.9. The number of aliphatic hydroxyl groups excluding tert-OH is 2. The number of hydrogen-bond donors (Lipinski definition) is 2. The lowest BCUT2D eigenvalue weighted by Crippen LogP contribution is -2.35. The van der Waals surface area contributed by atoms with Gasteiger partial charge in [0.1, 0.15) is 23.5 Å². The van der Waals surface area contributed by atoms with Gasteiger partial charge in [-0.25, -0.2) is 0 Å². The summed E-state index contributed by atoms with van der Waals surface area (Å²) in [7, 11) is 1.36. The van der Waals surface area contributed by atoms with Crippen molar-refractivity contribution in [1.82, 2.24) is 9.80 Å². The van der Waals surface area contributed by atoms with Crippen molar-refractivity contribution >= 4 is 45.9 Å². The summed E-state index contributed by atoms with van der Waals surface area (Å²) in [5.41, 5.74) is 3.57. The molecule has 2 aliphatic rings. The fraction of sp³-hybridized carbons (Fsp3) is 0.308. The molecule has 70 heavy (non-hydrogen) atoms. The van der Waals surface area contributed by atoms with Crippen LogP contribution in [0.1, 0.15) is 82.0 Å². The first-order valence-corrected chi connectivity index (χ1v) is 23.1. The zero-order valence-electron chi connectivity index (χ0n) is 38.9. The van der Waals surface area contributed by atoms with E-state index in [4.69, 9.17) is 35.3 Å². The van der Waals surface area contributed by atoms with Gasteiger partial charge in [0.05, 0.1) is 74.2 Å². The predicted octanol–water partition coefficient (Wildman–Crippen LogP) is 9.58. The van der Waals surface area contributed by atoms with Crippen LogP contribution in [-0.4, -0.2) is 93.9 Å². The number of rotatable bonds is 22. The maximum absolute atomic E-state index is 14.2. The van der Waals surface area contributed by atoms with Gasteiger partial charge < -0.3 is 43.7 Å². The van der Waals surface area contributed by atoms with Crippen molar-refractivity contribution in [3.05, 3.63) is 168 Å². The normalized spacial score (nSPS) is 15.3. The van der Waals surface area contributed by atoms with E-state index in [1.807, 2.05) is 62.4 Å². The summed E-state index contributed by atoms with van der Waals surface area (Å²) >= 11 is 6.09. The van der Waals surface area contributed by atoms with E-state index < -0.39 is 45.1 Å². The van der Waals surface area contributed by atoms with Crippen LogP contribution in [0.5, 0.6) is 28.7 Å². The minimum atomic E-state index is -0.704. The van der Waals surface area contributed by atoms with Gasteiger partial charge in [-0.3, -0.25) is 29.8 Å². The Balaban J connectivity index is 1.02. The summed E-state index contributed by atoms with van der Waals surface area (Å²) in [5.74, 6) is -0.410. The van der Waals surface area contributed by atoms with Crippen LogP contribution in [0.3, 0.4) is 0 Å². The van der Waals surface area contributed by atoms with Gasteiger partial charge in [-0.05, 0) is 98.1 Å². The van der Waals surface area contributed by atoms with E-state index in [1.54, 1.807) is 36.7 Å². The molecule has 2 heterocycles. The fourth-order valence-corrected chi connectivity index (χ4v) is 8.33. The first kappa shape index (κ1) is 50.4. The maximum atomic E-state index is 14.2. The Morgan fingerprint density at radius 3 is 1.60 bits per heavy atom. The summed E-state index contributed by atoms with van der Waals surface area (Å²) in [6.45, 7) is 3.83. The van der Waals surface area contributed by atoms with Crippen molar-refractivity contribution in [2.75, 3.05) is 40.1 Å². The number of nitro benzene ring substituents is 2. The lowest BCUT2D eigenvalue weighted by atomic mass is 10.0. The Bertz CT molecular complexity index is 2760. The molecule has 18 heteroatoms. The van der Waals surface area contributed by atoms with Gasteiger partial charge in [0.25, 0.3) is 23.2 Å². The SMILES string of the molecule is CCOc1ccc(C2=CN(C(=O)c3cc(OCc4ccc(Cl)cc4)c(OCCCCCOc4cc([N+](=O)[O-])c(C(=O)N5C=C(c6ccc(C)cc6)C[C@H]5CO)cc4OC)cc3[N+](=O)[O-])[C@H](CO)C2)cc1. The number of nitro groups is 2. The molecule has 2 atom stereocenters. The first-order chi connectivity index (χ1) is 33.8. The number of halogens is 1. The molecule has 0 aliphatic carbocycles. The molecule has 0 spiro atoms. The van der Waals surface area contributed by atoms with Gasteiger partial charge >= 0.3 is 0 Å². The molecular weight excluding hydrogens is 924 g/mol. The fourth-order valence-electron chi connectivity index (χ4n) is 8.20. The second-order valence-electron chi connectivity index (χ2n) is 16.7. The average molecular weight is 977 g/mol. The van der Waals surface area contributed by atoms with Crippen LogP contribution >= 0.6 is 11.6 Å². The van der Waals surface area contributed by atoms with E-state index >= 15 is 0 Å². The molecule has 0 bridgehead atoms. The van der Waals surface area contributed by atoms with Gasteiger partial charge in [-0.1, -0.05) is 65.7 Å². The molecule has 2 N–H and O–H groups in total. The predicted molar refractivity (Wildman–Crippen MR) is 261 cm³/mol. The summed E-state index contributed by atoms with van der Waals surface area (Å²) < 4.78 is 29.2. The summed E-state index contributed by atoms with van der Waals surface area (Å²) in [6.07, 6.45) is 5.34. The molecule has 5 aromatic carbocycles. The van der Waals surface area contributed by atoms with E-state index in [0.717, 1.165) is 45.5 Å². The van der Waals surface area contributed by atoms with Crippen molar-refractivity contribution in [3.63, 3.8) is 0 Å². The number of ether oxygens (including phenoxy) is 5. The second-order valence-corrected chi connectivity index (χ2v) is 17.1. The second kappa shape index (κ2) is 23.2. The molecule has 366 valence electrons. The highest BCUT2D eigenvalue weighted by molar-refractivity contribution is 6.30. The van der Waals surface area contributed by atoms with Crippen LogP contribution in [0, 0.1) is 27.2 Å². The summed E-state index contributed by atoms with van der Waals surface area (Å²) in [5, 5.41) is 45.9. The van der Waals surface area contributed by atoms with Gasteiger partial charge in [-0.15, -0.1) is 0 Å². The van der Waals surface area contributed by atoms with E-state index in [0.29, 0.717) is 49.5 Å². The van der Waals surface area contributed by atoms with Gasteiger partial charge in [0.15, 0.2) is 23.0 Å². The molecule has 0 radical (unpaired) electrons. The Labute approximate surface area is 409 Å². The smallest absolute Gasteiger partial charge is 0.286 e. The van der Waals surface area contributed by atoms with Gasteiger partial charge in [0.2, 0.25) is 0 Å². The molecule has 17 nitrogen and oxygen atoms in total. The van der Waals surface area contributed by atoms with Crippen LogP contribution < -0.4 is 23.7 Å². The monoisotopic (exact) mass is 976 g/mol. The van der Waals surface area contributed by atoms with Crippen molar-refractivity contribution in [2.45, 2.75) is 64.6 Å². The number of unbranched alkanes of at least 4 members (excludes halogenated alkanes) is 2. The van der Waals surface area contributed by atoms with Crippen molar-refractivity contribution in [1.29, 1.82) is 0 Å². The minimum Gasteiger partial charge on any atom is -0.494 e. The van der Waals surface area contributed by atoms with E-state index in [2.05, 4.69) is 0 Å². The number of hydrogen-bond acceptors (Lipinski definition) is 13. The molecular formula is C52H53ClN4O13. The number of amides is 2. The molecule has 0 fully saturated rings. The highest BCUT2D eigenvalue weighted by Crippen LogP contribution is 2.40. The number of methoxy groups -OCH3 is 1. The number of nitrogens with zero attached hydrogens (tertiary/aromatic N) is 4. The molecule has 0 aromatic heterocycles. The lowest BCUT2D eigenvalue weighted by Gasteiger charge is -2.22. The van der Waals surface area contributed by atoms with E-state index in [9.17, 15) is 40.0 Å².